The molecule has 2 aromatic carbocycles. The fourth-order valence-electron chi connectivity index (χ4n) is 3.51. The van der Waals surface area contributed by atoms with Crippen LogP contribution in [0.1, 0.15) is 0 Å². The summed E-state index contributed by atoms with van der Waals surface area (Å²) in [5.41, 5.74) is 3.70. The number of nitrogens with one attached hydrogen (secondary N) is 2. The molecule has 8 nitrogen and oxygen atoms in total. The van der Waals surface area contributed by atoms with E-state index in [9.17, 15) is 4.79 Å². The van der Waals surface area contributed by atoms with Crippen LogP contribution in [0.3, 0.4) is 0 Å². The molecule has 5 aromatic rings. The molecule has 3 aromatic heterocycles. The lowest BCUT2D eigenvalue weighted by molar-refractivity contribution is 0.355. The molecule has 0 bridgehead atoms. The highest BCUT2D eigenvalue weighted by molar-refractivity contribution is 5.84. The van der Waals surface area contributed by atoms with Gasteiger partial charge in [0.1, 0.15) is 0 Å². The third kappa shape index (κ3) is 3.44. The molecule has 31 heavy (non-hydrogen) atoms. The van der Waals surface area contributed by atoms with Crippen molar-refractivity contribution < 1.29 is 9.47 Å². The first-order chi connectivity index (χ1) is 15.1. The van der Waals surface area contributed by atoms with Crippen molar-refractivity contribution in [3.05, 3.63) is 77.5 Å². The SMILES string of the molecule is COc1ccc(Nc2nc(-c3ccc4ccc(=O)[nH]c4c3)cn3ccnc23)cc1OC. The van der Waals surface area contributed by atoms with Crippen LogP contribution in [0.25, 0.3) is 27.8 Å². The average molecular weight is 413 g/mol. The second-order valence-electron chi connectivity index (χ2n) is 6.95. The van der Waals surface area contributed by atoms with Crippen molar-refractivity contribution in [2.24, 2.45) is 0 Å². The smallest absolute Gasteiger partial charge is 0.248 e. The quantitative estimate of drug-likeness (QED) is 0.452. The molecule has 0 aliphatic heterocycles. The molecule has 0 aliphatic rings. The molecular formula is C23H19N5O3. The van der Waals surface area contributed by atoms with Gasteiger partial charge in [-0.3, -0.25) is 4.79 Å². The fourth-order valence-corrected chi connectivity index (χ4v) is 3.51. The minimum atomic E-state index is -0.140. The lowest BCUT2D eigenvalue weighted by atomic mass is 10.1. The number of pyridine rings is 1. The lowest BCUT2D eigenvalue weighted by Crippen LogP contribution is -2.03. The molecule has 0 spiro atoms. The number of H-pyrrole nitrogens is 1. The second kappa shape index (κ2) is 7.49. The Bertz CT molecular complexity index is 1470. The summed E-state index contributed by atoms with van der Waals surface area (Å²) in [6.45, 7) is 0. The number of hydrogen-bond donors (Lipinski definition) is 2. The number of methoxy groups -OCH3 is 2. The maximum atomic E-state index is 11.7. The Kier molecular flexibility index (Phi) is 4.51. The molecular weight excluding hydrogens is 394 g/mol. The van der Waals surface area contributed by atoms with Gasteiger partial charge in [0.15, 0.2) is 23.0 Å². The minimum absolute atomic E-state index is 0.140. The van der Waals surface area contributed by atoms with E-state index in [2.05, 4.69) is 15.3 Å². The summed E-state index contributed by atoms with van der Waals surface area (Å²) < 4.78 is 12.6. The van der Waals surface area contributed by atoms with Crippen molar-refractivity contribution in [2.45, 2.75) is 0 Å². The first-order valence-electron chi connectivity index (χ1n) is 9.61. The number of imidazole rings is 1. The molecule has 0 saturated heterocycles. The van der Waals surface area contributed by atoms with E-state index >= 15 is 0 Å². The van der Waals surface area contributed by atoms with Gasteiger partial charge in [0, 0.05) is 47.5 Å². The number of nitrogens with zero attached hydrogens (tertiary/aromatic N) is 3. The number of hydrogen-bond acceptors (Lipinski definition) is 6. The van der Waals surface area contributed by atoms with Crippen molar-refractivity contribution >= 4 is 28.1 Å². The van der Waals surface area contributed by atoms with Crippen LogP contribution in [0.4, 0.5) is 11.5 Å². The molecule has 3 heterocycles. The van der Waals surface area contributed by atoms with Gasteiger partial charge in [-0.05, 0) is 29.7 Å². The van der Waals surface area contributed by atoms with Gasteiger partial charge in [-0.1, -0.05) is 12.1 Å². The number of benzene rings is 2. The second-order valence-corrected chi connectivity index (χ2v) is 6.95. The summed E-state index contributed by atoms with van der Waals surface area (Å²) in [6.07, 6.45) is 5.49. The molecule has 5 rings (SSSR count). The molecule has 0 unspecified atom stereocenters. The Balaban J connectivity index is 1.60. The zero-order valence-electron chi connectivity index (χ0n) is 16.9. The van der Waals surface area contributed by atoms with E-state index in [4.69, 9.17) is 14.5 Å². The van der Waals surface area contributed by atoms with E-state index in [1.807, 2.05) is 53.2 Å². The molecule has 0 atom stereocenters. The standard InChI is InChI=1S/C23H19N5O3/c1-30-19-7-6-16(12-20(19)31-2)25-22-23-24-9-10-28(23)13-18(27-22)15-4-3-14-5-8-21(29)26-17(14)11-15/h3-13H,1-2H3,(H,25,27)(H,26,29). The third-order valence-electron chi connectivity index (χ3n) is 5.04. The van der Waals surface area contributed by atoms with E-state index in [-0.39, 0.29) is 5.56 Å². The van der Waals surface area contributed by atoms with Crippen LogP contribution in [0.15, 0.2) is 71.9 Å². The van der Waals surface area contributed by atoms with Gasteiger partial charge in [-0.25, -0.2) is 9.97 Å². The Morgan fingerprint density at radius 1 is 1.00 bits per heavy atom. The highest BCUT2D eigenvalue weighted by Crippen LogP contribution is 2.32. The van der Waals surface area contributed by atoms with Gasteiger partial charge >= 0.3 is 0 Å². The van der Waals surface area contributed by atoms with Gasteiger partial charge in [0.05, 0.1) is 19.9 Å². The predicted molar refractivity (Wildman–Crippen MR) is 119 cm³/mol. The van der Waals surface area contributed by atoms with E-state index in [1.165, 1.54) is 6.07 Å². The Morgan fingerprint density at radius 2 is 1.84 bits per heavy atom. The van der Waals surface area contributed by atoms with E-state index < -0.39 is 0 Å². The number of anilines is 2. The molecule has 0 aliphatic carbocycles. The van der Waals surface area contributed by atoms with E-state index in [1.54, 1.807) is 26.5 Å². The summed E-state index contributed by atoms with van der Waals surface area (Å²) in [7, 11) is 3.19. The molecule has 8 heteroatoms. The van der Waals surface area contributed by atoms with Gasteiger partial charge in [-0.2, -0.15) is 0 Å². The van der Waals surface area contributed by atoms with Crippen LogP contribution in [-0.4, -0.2) is 33.6 Å². The molecule has 0 amide bonds. The van der Waals surface area contributed by atoms with Crippen LogP contribution in [0.2, 0.25) is 0 Å². The van der Waals surface area contributed by atoms with Crippen molar-refractivity contribution in [3.63, 3.8) is 0 Å². The molecule has 0 saturated carbocycles. The van der Waals surface area contributed by atoms with E-state index in [0.29, 0.717) is 23.0 Å². The van der Waals surface area contributed by atoms with Crippen LogP contribution in [0, 0.1) is 0 Å². The van der Waals surface area contributed by atoms with Crippen molar-refractivity contribution in [2.75, 3.05) is 19.5 Å². The van der Waals surface area contributed by atoms with Gasteiger partial charge in [-0.15, -0.1) is 0 Å². The van der Waals surface area contributed by atoms with Crippen LogP contribution in [-0.2, 0) is 0 Å². The maximum absolute atomic E-state index is 11.7. The lowest BCUT2D eigenvalue weighted by Gasteiger charge is -2.13. The molecule has 154 valence electrons. The highest BCUT2D eigenvalue weighted by Gasteiger charge is 2.12. The summed E-state index contributed by atoms with van der Waals surface area (Å²) in [5.74, 6) is 1.85. The summed E-state index contributed by atoms with van der Waals surface area (Å²) >= 11 is 0. The largest absolute Gasteiger partial charge is 0.493 e. The number of rotatable bonds is 5. The fraction of sp³-hybridized carbons (Fsp3) is 0.0870. The number of fused-ring (bicyclic) bond motifs is 2. The summed E-state index contributed by atoms with van der Waals surface area (Å²) in [5, 5.41) is 4.28. The molecule has 0 radical (unpaired) electrons. The first-order valence-corrected chi connectivity index (χ1v) is 9.61. The molecule has 0 fully saturated rings. The monoisotopic (exact) mass is 413 g/mol. The topological polar surface area (TPSA) is 93.5 Å². The number of ether oxygens (including phenoxy) is 2. The highest BCUT2D eigenvalue weighted by atomic mass is 16.5. The van der Waals surface area contributed by atoms with Crippen molar-refractivity contribution in [3.8, 4) is 22.8 Å². The normalized spacial score (nSPS) is 11.0. The van der Waals surface area contributed by atoms with Gasteiger partial charge in [0.25, 0.3) is 0 Å². The van der Waals surface area contributed by atoms with Crippen molar-refractivity contribution in [1.82, 2.24) is 19.4 Å². The maximum Gasteiger partial charge on any atom is 0.248 e. The average Bonchev–Trinajstić information content (AvgIpc) is 3.27. The van der Waals surface area contributed by atoms with Crippen LogP contribution < -0.4 is 20.3 Å². The Morgan fingerprint density at radius 3 is 2.68 bits per heavy atom. The minimum Gasteiger partial charge on any atom is -0.493 e. The Labute approximate surface area is 177 Å². The van der Waals surface area contributed by atoms with Gasteiger partial charge in [0.2, 0.25) is 5.56 Å². The Hall–Kier alpha value is -4.33. The van der Waals surface area contributed by atoms with Gasteiger partial charge < -0.3 is 24.2 Å². The summed E-state index contributed by atoms with van der Waals surface area (Å²) in [4.78, 5) is 23.8. The summed E-state index contributed by atoms with van der Waals surface area (Å²) in [6, 6.07) is 14.7. The molecule has 2 N–H and O–H groups in total. The first kappa shape index (κ1) is 18.7. The zero-order chi connectivity index (χ0) is 21.4. The number of aromatic nitrogens is 4. The van der Waals surface area contributed by atoms with Crippen molar-refractivity contribution in [1.29, 1.82) is 0 Å². The third-order valence-corrected chi connectivity index (χ3v) is 5.04. The predicted octanol–water partition coefficient (Wildman–Crippen LogP) is 4.00. The number of aromatic amines is 1. The van der Waals surface area contributed by atoms with E-state index in [0.717, 1.165) is 27.8 Å². The van der Waals surface area contributed by atoms with Crippen LogP contribution >= 0.6 is 0 Å². The zero-order valence-corrected chi connectivity index (χ0v) is 16.9. The van der Waals surface area contributed by atoms with Crippen LogP contribution in [0.5, 0.6) is 11.5 Å².